The van der Waals surface area contributed by atoms with Gasteiger partial charge in [0.15, 0.2) is 11.5 Å². The predicted octanol–water partition coefficient (Wildman–Crippen LogP) is 3.26. The van der Waals surface area contributed by atoms with Crippen molar-refractivity contribution in [1.82, 2.24) is 20.1 Å². The highest BCUT2D eigenvalue weighted by atomic mass is 32.1. The number of nitrogens with one attached hydrogen (secondary N) is 1. The van der Waals surface area contributed by atoms with Crippen LogP contribution in [0.25, 0.3) is 10.2 Å². The number of methoxy groups -OCH3 is 2. The fourth-order valence-electron chi connectivity index (χ4n) is 4.84. The maximum Gasteiger partial charge on any atom is 0.251 e. The predicted molar refractivity (Wildman–Crippen MR) is 140 cm³/mol. The lowest BCUT2D eigenvalue weighted by molar-refractivity contribution is -0.128. The molecule has 0 radical (unpaired) electrons. The first-order valence-electron chi connectivity index (χ1n) is 12.1. The summed E-state index contributed by atoms with van der Waals surface area (Å²) < 4.78 is 11.9. The third kappa shape index (κ3) is 5.08. The van der Waals surface area contributed by atoms with Crippen LogP contribution in [0.1, 0.15) is 27.9 Å². The van der Waals surface area contributed by atoms with Gasteiger partial charge in [-0.25, -0.2) is 4.98 Å². The smallest absolute Gasteiger partial charge is 0.251 e. The number of carbonyl (C=O) groups is 2. The lowest BCUT2D eigenvalue weighted by Gasteiger charge is -2.33. The molecule has 3 heterocycles. The Balaban J connectivity index is 1.15. The third-order valence-electron chi connectivity index (χ3n) is 6.82. The van der Waals surface area contributed by atoms with Gasteiger partial charge in [-0.3, -0.25) is 14.5 Å². The second kappa shape index (κ2) is 10.7. The number of thiazole rings is 1. The minimum Gasteiger partial charge on any atom is -0.493 e. The molecule has 188 valence electrons. The van der Waals surface area contributed by atoms with E-state index in [1.54, 1.807) is 25.8 Å². The standard InChI is InChI=1S/C27H30N4O4S/c1-34-23-12-18-7-10-31(16-21(18)13-24(23)35-2)27(33)20-4-3-9-30(15-20)11-8-28-26(32)19-5-6-22-25(14-19)36-17-29-22/h4-6,12-14,17H,3,7-11,15-16H2,1-2H3,(H,28,32). The van der Waals surface area contributed by atoms with Crippen molar-refractivity contribution in [1.29, 1.82) is 0 Å². The zero-order valence-corrected chi connectivity index (χ0v) is 21.4. The summed E-state index contributed by atoms with van der Waals surface area (Å²) in [5.41, 5.74) is 6.45. The fraction of sp³-hybridized carbons (Fsp3) is 0.370. The van der Waals surface area contributed by atoms with Crippen LogP contribution in [-0.4, -0.2) is 73.5 Å². The van der Waals surface area contributed by atoms with E-state index in [4.69, 9.17) is 9.47 Å². The first kappa shape index (κ1) is 24.3. The number of fused-ring (bicyclic) bond motifs is 2. The molecule has 2 aliphatic rings. The fourth-order valence-corrected chi connectivity index (χ4v) is 5.55. The van der Waals surface area contributed by atoms with Gasteiger partial charge < -0.3 is 19.7 Å². The van der Waals surface area contributed by atoms with Crippen molar-refractivity contribution in [2.45, 2.75) is 19.4 Å². The maximum atomic E-state index is 13.3. The molecule has 1 N–H and O–H groups in total. The van der Waals surface area contributed by atoms with E-state index in [2.05, 4.69) is 21.3 Å². The van der Waals surface area contributed by atoms with Crippen molar-refractivity contribution in [3.05, 3.63) is 64.2 Å². The van der Waals surface area contributed by atoms with Crippen LogP contribution >= 0.6 is 11.3 Å². The SMILES string of the molecule is COc1cc2c(cc1OC)CN(C(=O)C1=CCCN(CCNC(=O)c3ccc4ncsc4c3)C1)CC2. The van der Waals surface area contributed by atoms with Gasteiger partial charge in [0, 0.05) is 50.4 Å². The van der Waals surface area contributed by atoms with Crippen LogP contribution < -0.4 is 14.8 Å². The second-order valence-electron chi connectivity index (χ2n) is 9.04. The highest BCUT2D eigenvalue weighted by Gasteiger charge is 2.27. The molecule has 2 aliphatic heterocycles. The van der Waals surface area contributed by atoms with E-state index in [9.17, 15) is 9.59 Å². The normalized spacial score (nSPS) is 15.8. The van der Waals surface area contributed by atoms with Gasteiger partial charge in [-0.15, -0.1) is 11.3 Å². The minimum atomic E-state index is -0.0896. The number of aromatic nitrogens is 1. The van der Waals surface area contributed by atoms with Gasteiger partial charge in [0.25, 0.3) is 11.8 Å². The van der Waals surface area contributed by atoms with Crippen LogP contribution in [0.2, 0.25) is 0 Å². The Kier molecular flexibility index (Phi) is 7.20. The van der Waals surface area contributed by atoms with Crippen LogP contribution in [0.3, 0.4) is 0 Å². The summed E-state index contributed by atoms with van der Waals surface area (Å²) in [6.07, 6.45) is 3.68. The van der Waals surface area contributed by atoms with Gasteiger partial charge in [0.2, 0.25) is 0 Å². The quantitative estimate of drug-likeness (QED) is 0.530. The van der Waals surface area contributed by atoms with Crippen LogP contribution in [0.15, 0.2) is 47.5 Å². The van der Waals surface area contributed by atoms with Gasteiger partial charge >= 0.3 is 0 Å². The Morgan fingerprint density at radius 1 is 1.06 bits per heavy atom. The zero-order chi connectivity index (χ0) is 25.1. The molecule has 0 spiro atoms. The molecule has 0 unspecified atom stereocenters. The van der Waals surface area contributed by atoms with Crippen molar-refractivity contribution in [2.24, 2.45) is 0 Å². The zero-order valence-electron chi connectivity index (χ0n) is 20.6. The van der Waals surface area contributed by atoms with E-state index < -0.39 is 0 Å². The Bertz CT molecular complexity index is 1320. The lowest BCUT2D eigenvalue weighted by atomic mass is 9.97. The number of rotatable bonds is 7. The van der Waals surface area contributed by atoms with E-state index in [1.165, 1.54) is 16.9 Å². The number of carbonyl (C=O) groups excluding carboxylic acids is 2. The number of hydrogen-bond acceptors (Lipinski definition) is 7. The van der Waals surface area contributed by atoms with Crippen molar-refractivity contribution >= 4 is 33.4 Å². The molecule has 2 aromatic carbocycles. The Labute approximate surface area is 214 Å². The van der Waals surface area contributed by atoms with Crippen molar-refractivity contribution in [3.8, 4) is 11.5 Å². The van der Waals surface area contributed by atoms with Gasteiger partial charge in [-0.05, 0) is 54.3 Å². The van der Waals surface area contributed by atoms with E-state index in [0.717, 1.165) is 46.5 Å². The maximum absolute atomic E-state index is 13.3. The molecule has 0 saturated carbocycles. The van der Waals surface area contributed by atoms with E-state index >= 15 is 0 Å². The molecular weight excluding hydrogens is 476 g/mol. The van der Waals surface area contributed by atoms with Crippen LogP contribution in [0.4, 0.5) is 0 Å². The molecule has 1 aromatic heterocycles. The summed E-state index contributed by atoms with van der Waals surface area (Å²) in [4.78, 5) is 34.3. The molecule has 0 saturated heterocycles. The first-order chi connectivity index (χ1) is 17.6. The summed E-state index contributed by atoms with van der Waals surface area (Å²) >= 11 is 1.53. The molecule has 0 atom stereocenters. The molecule has 0 aliphatic carbocycles. The van der Waals surface area contributed by atoms with Gasteiger partial charge in [-0.2, -0.15) is 0 Å². The molecule has 0 bridgehead atoms. The monoisotopic (exact) mass is 506 g/mol. The van der Waals surface area contributed by atoms with Gasteiger partial charge in [-0.1, -0.05) is 6.08 Å². The molecule has 3 aromatic rings. The number of nitrogens with zero attached hydrogens (tertiary/aromatic N) is 3. The Hall–Kier alpha value is -3.43. The Morgan fingerprint density at radius 2 is 1.86 bits per heavy atom. The molecule has 8 nitrogen and oxygen atoms in total. The molecule has 9 heteroatoms. The molecule has 2 amide bonds. The molecule has 5 rings (SSSR count). The summed E-state index contributed by atoms with van der Waals surface area (Å²) in [5, 5.41) is 3.01. The highest BCUT2D eigenvalue weighted by Crippen LogP contribution is 2.33. The van der Waals surface area contributed by atoms with Gasteiger partial charge in [0.05, 0.1) is 29.9 Å². The van der Waals surface area contributed by atoms with Gasteiger partial charge in [0.1, 0.15) is 0 Å². The van der Waals surface area contributed by atoms with E-state index in [0.29, 0.717) is 44.0 Å². The minimum absolute atomic E-state index is 0.0852. The second-order valence-corrected chi connectivity index (χ2v) is 9.92. The number of amides is 2. The Morgan fingerprint density at radius 3 is 2.67 bits per heavy atom. The van der Waals surface area contributed by atoms with Crippen molar-refractivity contribution in [3.63, 3.8) is 0 Å². The first-order valence-corrected chi connectivity index (χ1v) is 13.0. The molecule has 0 fully saturated rings. The highest BCUT2D eigenvalue weighted by molar-refractivity contribution is 7.16. The number of ether oxygens (including phenoxy) is 2. The van der Waals surface area contributed by atoms with Crippen LogP contribution in [0, 0.1) is 0 Å². The average molecular weight is 507 g/mol. The third-order valence-corrected chi connectivity index (χ3v) is 7.61. The van der Waals surface area contributed by atoms with E-state index in [1.807, 2.05) is 29.2 Å². The van der Waals surface area contributed by atoms with Crippen LogP contribution in [0.5, 0.6) is 11.5 Å². The van der Waals surface area contributed by atoms with Crippen molar-refractivity contribution in [2.75, 3.05) is 46.9 Å². The summed E-state index contributed by atoms with van der Waals surface area (Å²) in [6.45, 7) is 3.93. The number of hydrogen-bond donors (Lipinski definition) is 1. The van der Waals surface area contributed by atoms with E-state index in [-0.39, 0.29) is 11.8 Å². The molecular formula is C27H30N4O4S. The summed E-state index contributed by atoms with van der Waals surface area (Å²) in [5.74, 6) is 1.40. The average Bonchev–Trinajstić information content (AvgIpc) is 3.39. The molecule has 36 heavy (non-hydrogen) atoms. The van der Waals surface area contributed by atoms with Crippen LogP contribution in [-0.2, 0) is 17.8 Å². The van der Waals surface area contributed by atoms with Crippen molar-refractivity contribution < 1.29 is 19.1 Å². The number of benzene rings is 2. The summed E-state index contributed by atoms with van der Waals surface area (Å²) in [7, 11) is 3.26. The topological polar surface area (TPSA) is 84.0 Å². The summed E-state index contributed by atoms with van der Waals surface area (Å²) in [6, 6.07) is 9.55. The largest absolute Gasteiger partial charge is 0.493 e. The lowest BCUT2D eigenvalue weighted by Crippen LogP contribution is -2.43.